The number of rotatable bonds is 31. The highest BCUT2D eigenvalue weighted by Gasteiger charge is 2.20. The molecule has 17 nitrogen and oxygen atoms in total. The topological polar surface area (TPSA) is 227 Å². The number of carboxylic acids is 2. The predicted octanol–water partition coefficient (Wildman–Crippen LogP) is 0.722. The molecule has 274 valence electrons. The number of aliphatic carboxylic acids is 2. The highest BCUT2D eigenvalue weighted by Crippen LogP contribution is 2.07. The minimum absolute atomic E-state index is 0.0416. The summed E-state index contributed by atoms with van der Waals surface area (Å²) in [6.07, 6.45) is 0.840. The van der Waals surface area contributed by atoms with Crippen molar-refractivity contribution >= 4 is 29.8 Å². The van der Waals surface area contributed by atoms with Gasteiger partial charge < -0.3 is 59.3 Å². The fourth-order valence-electron chi connectivity index (χ4n) is 3.45. The van der Waals surface area contributed by atoms with Crippen LogP contribution in [0.2, 0.25) is 0 Å². The van der Waals surface area contributed by atoms with Gasteiger partial charge in [0, 0.05) is 19.5 Å². The molecule has 1 atom stereocenters. The van der Waals surface area contributed by atoms with E-state index in [0.29, 0.717) is 58.8 Å². The fourth-order valence-corrected chi connectivity index (χ4v) is 3.45. The standard InChI is InChI=1S/C30H55N3O14/c1-30(2,3)47-29(40)32-10-5-4-6-24(28(39)31-11-15-44-19-16-42-13-8-26(35)36)33-25(34)7-12-41-17-20-45-22-23-46-21-18-43-14-9-27(37)38/h24H,4-23H2,1-3H3,(H,31,39)(H,32,40)(H,33,34)(H,35,36)(H,37,38). The molecule has 0 saturated heterocycles. The minimum Gasteiger partial charge on any atom is -0.481 e. The van der Waals surface area contributed by atoms with E-state index in [1.807, 2.05) is 0 Å². The van der Waals surface area contributed by atoms with Crippen molar-refractivity contribution < 1.29 is 67.3 Å². The van der Waals surface area contributed by atoms with Gasteiger partial charge in [-0.15, -0.1) is 0 Å². The molecule has 0 aliphatic heterocycles. The Kier molecular flexibility index (Phi) is 27.2. The van der Waals surface area contributed by atoms with E-state index in [0.717, 1.165) is 0 Å². The van der Waals surface area contributed by atoms with Crippen molar-refractivity contribution in [1.82, 2.24) is 16.0 Å². The van der Waals surface area contributed by atoms with Crippen LogP contribution in [0, 0.1) is 0 Å². The molecule has 0 aliphatic rings. The zero-order chi connectivity index (χ0) is 35.2. The van der Waals surface area contributed by atoms with Crippen LogP contribution in [-0.2, 0) is 52.3 Å². The molecule has 0 aliphatic carbocycles. The van der Waals surface area contributed by atoms with E-state index >= 15 is 0 Å². The zero-order valence-electron chi connectivity index (χ0n) is 28.0. The van der Waals surface area contributed by atoms with Crippen molar-refractivity contribution in [2.24, 2.45) is 0 Å². The molecule has 0 radical (unpaired) electrons. The van der Waals surface area contributed by atoms with E-state index in [-0.39, 0.29) is 83.9 Å². The number of alkyl carbamates (subject to hydrolysis) is 1. The highest BCUT2D eigenvalue weighted by molar-refractivity contribution is 5.87. The third-order valence-electron chi connectivity index (χ3n) is 5.67. The first-order chi connectivity index (χ1) is 22.4. The lowest BCUT2D eigenvalue weighted by Gasteiger charge is -2.20. The molecule has 0 aromatic carbocycles. The molecule has 0 aromatic heterocycles. The second kappa shape index (κ2) is 29.1. The number of ether oxygens (including phenoxy) is 7. The van der Waals surface area contributed by atoms with Gasteiger partial charge in [0.2, 0.25) is 11.8 Å². The van der Waals surface area contributed by atoms with Crippen LogP contribution in [0.3, 0.4) is 0 Å². The summed E-state index contributed by atoms with van der Waals surface area (Å²) in [7, 11) is 0. The molecule has 17 heteroatoms. The monoisotopic (exact) mass is 681 g/mol. The SMILES string of the molecule is CC(C)(C)OC(=O)NCCCCC(NC(=O)CCOCCOCCOCCOCCC(=O)O)C(=O)NCCOCCOCCC(=O)O. The van der Waals surface area contributed by atoms with Crippen molar-refractivity contribution in [1.29, 1.82) is 0 Å². The Morgan fingerprint density at radius 2 is 1.02 bits per heavy atom. The Morgan fingerprint density at radius 1 is 0.574 bits per heavy atom. The first-order valence-corrected chi connectivity index (χ1v) is 15.8. The van der Waals surface area contributed by atoms with Gasteiger partial charge in [-0.3, -0.25) is 19.2 Å². The Labute approximate surface area is 276 Å². The molecular weight excluding hydrogens is 626 g/mol. The Balaban J connectivity index is 4.28. The number of amides is 3. The summed E-state index contributed by atoms with van der Waals surface area (Å²) in [5.74, 6) is -2.58. The number of carboxylic acid groups (broad SMARTS) is 2. The van der Waals surface area contributed by atoms with Crippen molar-refractivity contribution in [2.75, 3.05) is 92.4 Å². The molecule has 0 spiro atoms. The molecule has 47 heavy (non-hydrogen) atoms. The van der Waals surface area contributed by atoms with Crippen molar-refractivity contribution in [3.05, 3.63) is 0 Å². The number of carbonyl (C=O) groups excluding carboxylic acids is 3. The predicted molar refractivity (Wildman–Crippen MR) is 167 cm³/mol. The second-order valence-corrected chi connectivity index (χ2v) is 11.0. The van der Waals surface area contributed by atoms with Crippen molar-refractivity contribution in [2.45, 2.75) is 70.9 Å². The normalized spacial score (nSPS) is 11.9. The minimum atomic E-state index is -0.942. The van der Waals surface area contributed by atoms with Gasteiger partial charge in [-0.05, 0) is 40.0 Å². The van der Waals surface area contributed by atoms with Gasteiger partial charge in [0.1, 0.15) is 11.6 Å². The third kappa shape index (κ3) is 32.6. The van der Waals surface area contributed by atoms with Crippen LogP contribution in [0.25, 0.3) is 0 Å². The number of hydrogen-bond donors (Lipinski definition) is 5. The van der Waals surface area contributed by atoms with E-state index in [2.05, 4.69) is 16.0 Å². The quantitative estimate of drug-likeness (QED) is 0.0636. The maximum Gasteiger partial charge on any atom is 0.407 e. The average molecular weight is 682 g/mol. The lowest BCUT2D eigenvalue weighted by atomic mass is 10.1. The molecule has 1 unspecified atom stereocenters. The summed E-state index contributed by atoms with van der Waals surface area (Å²) in [5, 5.41) is 25.3. The van der Waals surface area contributed by atoms with Gasteiger partial charge in [-0.2, -0.15) is 0 Å². The Hall–Kier alpha value is -3.09. The van der Waals surface area contributed by atoms with Crippen LogP contribution < -0.4 is 16.0 Å². The van der Waals surface area contributed by atoms with Crippen LogP contribution in [0.5, 0.6) is 0 Å². The van der Waals surface area contributed by atoms with E-state index < -0.39 is 29.7 Å². The smallest absolute Gasteiger partial charge is 0.407 e. The maximum atomic E-state index is 12.8. The summed E-state index contributed by atoms with van der Waals surface area (Å²) >= 11 is 0. The molecule has 0 bridgehead atoms. The molecular formula is C30H55N3O14. The summed E-state index contributed by atoms with van der Waals surface area (Å²) < 4.78 is 37.0. The largest absolute Gasteiger partial charge is 0.481 e. The number of hydrogen-bond acceptors (Lipinski definition) is 12. The number of unbranched alkanes of at least 4 members (excludes halogenated alkanes) is 1. The zero-order valence-corrected chi connectivity index (χ0v) is 28.0. The Bertz CT molecular complexity index is 869. The van der Waals surface area contributed by atoms with Crippen LogP contribution >= 0.6 is 0 Å². The molecule has 3 amide bonds. The van der Waals surface area contributed by atoms with Crippen molar-refractivity contribution in [3.8, 4) is 0 Å². The van der Waals surface area contributed by atoms with E-state index in [4.69, 9.17) is 43.4 Å². The molecule has 0 aromatic rings. The fraction of sp³-hybridized carbons (Fsp3) is 0.833. The van der Waals surface area contributed by atoms with Gasteiger partial charge in [-0.25, -0.2) is 4.79 Å². The summed E-state index contributed by atoms with van der Waals surface area (Å²) in [6.45, 7) is 8.81. The molecule has 0 rings (SSSR count). The molecule has 0 saturated carbocycles. The van der Waals surface area contributed by atoms with Crippen LogP contribution in [0.15, 0.2) is 0 Å². The molecule has 0 heterocycles. The van der Waals surface area contributed by atoms with Crippen molar-refractivity contribution in [3.63, 3.8) is 0 Å². The summed E-state index contributed by atoms with van der Waals surface area (Å²) in [6, 6.07) is -0.797. The van der Waals surface area contributed by atoms with E-state index in [1.54, 1.807) is 20.8 Å². The lowest BCUT2D eigenvalue weighted by molar-refractivity contribution is -0.139. The van der Waals surface area contributed by atoms with E-state index in [9.17, 15) is 24.0 Å². The number of nitrogens with one attached hydrogen (secondary N) is 3. The molecule has 5 N–H and O–H groups in total. The first kappa shape index (κ1) is 43.9. The number of carbonyl (C=O) groups is 5. The van der Waals surface area contributed by atoms with Gasteiger partial charge >= 0.3 is 18.0 Å². The van der Waals surface area contributed by atoms with Gasteiger partial charge in [0.25, 0.3) is 0 Å². The maximum absolute atomic E-state index is 12.8. The van der Waals surface area contributed by atoms with Gasteiger partial charge in [0.05, 0.1) is 92.1 Å². The Morgan fingerprint density at radius 3 is 1.49 bits per heavy atom. The van der Waals surface area contributed by atoms with Gasteiger partial charge in [-0.1, -0.05) is 0 Å². The van der Waals surface area contributed by atoms with Crippen LogP contribution in [0.4, 0.5) is 4.79 Å². The van der Waals surface area contributed by atoms with E-state index in [1.165, 1.54) is 0 Å². The lowest BCUT2D eigenvalue weighted by Crippen LogP contribution is -2.47. The molecule has 0 fully saturated rings. The third-order valence-corrected chi connectivity index (χ3v) is 5.67. The van der Waals surface area contributed by atoms with Gasteiger partial charge in [0.15, 0.2) is 0 Å². The first-order valence-electron chi connectivity index (χ1n) is 15.8. The van der Waals surface area contributed by atoms with Crippen LogP contribution in [0.1, 0.15) is 59.3 Å². The second-order valence-electron chi connectivity index (χ2n) is 11.0. The van der Waals surface area contributed by atoms with Crippen LogP contribution in [-0.4, -0.2) is 144 Å². The average Bonchev–Trinajstić information content (AvgIpc) is 2.98. The summed E-state index contributed by atoms with van der Waals surface area (Å²) in [5.41, 5.74) is -0.607. The highest BCUT2D eigenvalue weighted by atomic mass is 16.6. The summed E-state index contributed by atoms with van der Waals surface area (Å²) in [4.78, 5) is 58.0.